The molecule has 0 bridgehead atoms. The average Bonchev–Trinajstić information content (AvgIpc) is 2.54. The predicted molar refractivity (Wildman–Crippen MR) is 90.7 cm³/mol. The molecule has 122 valence electrons. The Morgan fingerprint density at radius 3 is 2.39 bits per heavy atom. The predicted octanol–water partition coefficient (Wildman–Crippen LogP) is 5.33. The van der Waals surface area contributed by atoms with Crippen LogP contribution in [0.5, 0.6) is 0 Å². The quantitative estimate of drug-likeness (QED) is 0.697. The molecule has 0 saturated heterocycles. The molecule has 2 rings (SSSR count). The van der Waals surface area contributed by atoms with E-state index in [0.717, 1.165) is 12.0 Å². The molecule has 2 aromatic rings. The van der Waals surface area contributed by atoms with Crippen molar-refractivity contribution in [2.75, 3.05) is 0 Å². The van der Waals surface area contributed by atoms with Gasteiger partial charge in [0, 0.05) is 5.56 Å². The van der Waals surface area contributed by atoms with Gasteiger partial charge >= 0.3 is 5.97 Å². The number of hydrogen-bond acceptors (Lipinski definition) is 2. The van der Waals surface area contributed by atoms with Crippen molar-refractivity contribution in [3.63, 3.8) is 0 Å². The lowest BCUT2D eigenvalue weighted by molar-refractivity contribution is -0.158. The van der Waals surface area contributed by atoms with Crippen LogP contribution in [0.1, 0.15) is 45.6 Å². The van der Waals surface area contributed by atoms with Gasteiger partial charge in [0.05, 0.1) is 5.92 Å². The van der Waals surface area contributed by atoms with Crippen molar-refractivity contribution in [1.29, 1.82) is 0 Å². The summed E-state index contributed by atoms with van der Waals surface area (Å²) in [6.07, 6.45) is 0.729. The molecule has 23 heavy (non-hydrogen) atoms. The molecule has 0 fully saturated rings. The van der Waals surface area contributed by atoms with Crippen molar-refractivity contribution < 1.29 is 13.9 Å². The van der Waals surface area contributed by atoms with Gasteiger partial charge in [-0.1, -0.05) is 49.4 Å². The summed E-state index contributed by atoms with van der Waals surface area (Å²) in [4.78, 5) is 12.2. The molecule has 0 aliphatic rings. The molecule has 0 aliphatic heterocycles. The minimum absolute atomic E-state index is 0.330. The summed E-state index contributed by atoms with van der Waals surface area (Å²) < 4.78 is 19.9. The molecule has 0 aliphatic carbocycles. The smallest absolute Gasteiger partial charge is 0.313 e. The Labute approximate surface area is 137 Å². The van der Waals surface area contributed by atoms with Crippen molar-refractivity contribution in [3.8, 4) is 11.1 Å². The molecule has 0 aromatic heterocycles. The van der Waals surface area contributed by atoms with E-state index in [9.17, 15) is 9.18 Å². The van der Waals surface area contributed by atoms with Gasteiger partial charge in [0.15, 0.2) is 0 Å². The van der Waals surface area contributed by atoms with Gasteiger partial charge in [-0.25, -0.2) is 4.39 Å². The maximum Gasteiger partial charge on any atom is 0.313 e. The second-order valence-corrected chi connectivity index (χ2v) is 6.36. The highest BCUT2D eigenvalue weighted by atomic mass is 19.1. The number of hydrogen-bond donors (Lipinski definition) is 0. The fourth-order valence-electron chi connectivity index (χ4n) is 2.22. The largest absolute Gasteiger partial charge is 0.459 e. The van der Waals surface area contributed by atoms with E-state index in [1.165, 1.54) is 6.07 Å². The topological polar surface area (TPSA) is 26.3 Å². The van der Waals surface area contributed by atoms with Crippen LogP contribution in [0.2, 0.25) is 0 Å². The molecule has 0 radical (unpaired) electrons. The number of halogens is 1. The van der Waals surface area contributed by atoms with Crippen LogP contribution in [0.4, 0.5) is 4.39 Å². The molecule has 0 saturated carbocycles. The normalized spacial score (nSPS) is 12.7. The van der Waals surface area contributed by atoms with Crippen LogP contribution in [0.3, 0.4) is 0 Å². The maximum atomic E-state index is 14.4. The summed E-state index contributed by atoms with van der Waals surface area (Å²) in [5.74, 6) is -1.16. The third kappa shape index (κ3) is 4.19. The Bertz CT molecular complexity index is 677. The zero-order valence-electron chi connectivity index (χ0n) is 14.1. The highest BCUT2D eigenvalue weighted by Gasteiger charge is 2.25. The number of esters is 1. The number of carbonyl (C=O) groups is 1. The molecular weight excluding hydrogens is 291 g/mol. The van der Waals surface area contributed by atoms with Gasteiger partial charge in [-0.2, -0.15) is 0 Å². The van der Waals surface area contributed by atoms with Crippen LogP contribution in [-0.4, -0.2) is 11.6 Å². The van der Waals surface area contributed by atoms with Crippen LogP contribution in [-0.2, 0) is 9.53 Å². The molecule has 0 spiro atoms. The third-order valence-electron chi connectivity index (χ3n) is 4.16. The first-order valence-corrected chi connectivity index (χ1v) is 7.92. The van der Waals surface area contributed by atoms with Crippen molar-refractivity contribution in [2.45, 2.75) is 45.6 Å². The minimum atomic E-state index is -0.506. The average molecular weight is 314 g/mol. The third-order valence-corrected chi connectivity index (χ3v) is 4.16. The van der Waals surface area contributed by atoms with Gasteiger partial charge in [-0.15, -0.1) is 0 Å². The van der Waals surface area contributed by atoms with Gasteiger partial charge in [0.2, 0.25) is 0 Å². The lowest BCUT2D eigenvalue weighted by Gasteiger charge is -2.25. The number of rotatable bonds is 5. The molecule has 2 nitrogen and oxygen atoms in total. The first-order valence-electron chi connectivity index (χ1n) is 7.92. The summed E-state index contributed by atoms with van der Waals surface area (Å²) in [5, 5.41) is 0. The summed E-state index contributed by atoms with van der Waals surface area (Å²) in [5.41, 5.74) is 1.47. The fraction of sp³-hybridized carbons (Fsp3) is 0.350. The Morgan fingerprint density at radius 2 is 1.83 bits per heavy atom. The second kappa shape index (κ2) is 6.95. The number of benzene rings is 2. The summed E-state index contributed by atoms with van der Waals surface area (Å²) in [6, 6.07) is 14.3. The van der Waals surface area contributed by atoms with Gasteiger partial charge in [-0.05, 0) is 44.4 Å². The lowest BCUT2D eigenvalue weighted by Crippen LogP contribution is -2.29. The van der Waals surface area contributed by atoms with Crippen LogP contribution in [0.25, 0.3) is 11.1 Å². The van der Waals surface area contributed by atoms with E-state index in [2.05, 4.69) is 0 Å². The van der Waals surface area contributed by atoms with E-state index in [1.54, 1.807) is 19.1 Å². The van der Waals surface area contributed by atoms with E-state index in [-0.39, 0.29) is 11.8 Å². The summed E-state index contributed by atoms with van der Waals surface area (Å²) >= 11 is 0. The van der Waals surface area contributed by atoms with Crippen LogP contribution in [0, 0.1) is 5.82 Å². The van der Waals surface area contributed by atoms with E-state index in [1.807, 2.05) is 51.1 Å². The summed E-state index contributed by atoms with van der Waals surface area (Å²) in [6.45, 7) is 7.45. The van der Waals surface area contributed by atoms with E-state index in [0.29, 0.717) is 11.1 Å². The molecular formula is C20H23FO2. The van der Waals surface area contributed by atoms with E-state index >= 15 is 0 Å². The molecule has 0 amide bonds. The Kier molecular flexibility index (Phi) is 5.19. The Balaban J connectivity index is 2.21. The lowest BCUT2D eigenvalue weighted by atomic mass is 9.96. The van der Waals surface area contributed by atoms with Gasteiger partial charge < -0.3 is 4.74 Å². The van der Waals surface area contributed by atoms with Crippen molar-refractivity contribution in [1.82, 2.24) is 0 Å². The van der Waals surface area contributed by atoms with Gasteiger partial charge in [0.25, 0.3) is 0 Å². The number of ether oxygens (including phenoxy) is 1. The van der Waals surface area contributed by atoms with Crippen LogP contribution < -0.4 is 0 Å². The first-order chi connectivity index (χ1) is 10.8. The Hall–Kier alpha value is -2.16. The molecule has 2 aromatic carbocycles. The minimum Gasteiger partial charge on any atom is -0.459 e. The molecule has 1 atom stereocenters. The summed E-state index contributed by atoms with van der Waals surface area (Å²) in [7, 11) is 0. The zero-order valence-corrected chi connectivity index (χ0v) is 14.1. The van der Waals surface area contributed by atoms with Gasteiger partial charge in [0.1, 0.15) is 11.4 Å². The maximum absolute atomic E-state index is 14.4. The first kappa shape index (κ1) is 17.2. The molecule has 0 N–H and O–H groups in total. The van der Waals surface area contributed by atoms with Crippen molar-refractivity contribution in [2.24, 2.45) is 0 Å². The zero-order chi connectivity index (χ0) is 17.0. The van der Waals surface area contributed by atoms with Crippen LogP contribution >= 0.6 is 0 Å². The van der Waals surface area contributed by atoms with Crippen LogP contribution in [0.15, 0.2) is 48.5 Å². The van der Waals surface area contributed by atoms with E-state index < -0.39 is 11.5 Å². The highest BCUT2D eigenvalue weighted by molar-refractivity contribution is 5.78. The highest BCUT2D eigenvalue weighted by Crippen LogP contribution is 2.28. The second-order valence-electron chi connectivity index (χ2n) is 6.36. The van der Waals surface area contributed by atoms with Crippen molar-refractivity contribution >= 4 is 5.97 Å². The molecule has 3 heteroatoms. The molecule has 0 unspecified atom stereocenters. The van der Waals surface area contributed by atoms with Crippen molar-refractivity contribution in [3.05, 3.63) is 59.9 Å². The standard InChI is InChI=1S/C20H23FO2/c1-5-20(3,4)23-19(22)14(2)16-11-12-17(18(21)13-16)15-9-7-6-8-10-15/h6-14H,5H2,1-4H3/t14-/m0/s1. The Morgan fingerprint density at radius 1 is 1.17 bits per heavy atom. The van der Waals surface area contributed by atoms with Gasteiger partial charge in [-0.3, -0.25) is 4.79 Å². The number of carbonyl (C=O) groups excluding carboxylic acids is 1. The molecule has 0 heterocycles. The SMILES string of the molecule is CCC(C)(C)OC(=O)[C@@H](C)c1ccc(-c2ccccc2)c(F)c1. The van der Waals surface area contributed by atoms with E-state index in [4.69, 9.17) is 4.74 Å². The monoisotopic (exact) mass is 314 g/mol. The fourth-order valence-corrected chi connectivity index (χ4v) is 2.22.